The van der Waals surface area contributed by atoms with Crippen LogP contribution in [0.25, 0.3) is 0 Å². The number of nitrogens with zero attached hydrogens (tertiary/aromatic N) is 2. The Hall–Kier alpha value is -3.58. The third-order valence-electron chi connectivity index (χ3n) is 5.72. The normalized spacial score (nSPS) is 19.5. The quantitative estimate of drug-likeness (QED) is 0.664. The van der Waals surface area contributed by atoms with Gasteiger partial charge in [0.05, 0.1) is 11.4 Å². The molecule has 3 aromatic carbocycles. The topological polar surface area (TPSA) is 69.7 Å². The molecule has 6 nitrogen and oxygen atoms in total. The van der Waals surface area contributed by atoms with Crippen LogP contribution in [0.4, 0.5) is 17.1 Å². The molecule has 5 rings (SSSR count). The number of benzene rings is 3. The van der Waals surface area contributed by atoms with Crippen molar-refractivity contribution in [2.45, 2.75) is 11.8 Å². The molecule has 1 saturated heterocycles. The molecule has 1 unspecified atom stereocenters. The first-order valence-electron chi connectivity index (χ1n) is 10.3. The van der Waals surface area contributed by atoms with Crippen molar-refractivity contribution in [3.8, 4) is 0 Å². The van der Waals surface area contributed by atoms with E-state index in [9.17, 15) is 14.4 Å². The van der Waals surface area contributed by atoms with Gasteiger partial charge in [-0.2, -0.15) is 0 Å². The van der Waals surface area contributed by atoms with Crippen molar-refractivity contribution in [3.05, 3.63) is 90.0 Å². The van der Waals surface area contributed by atoms with E-state index in [2.05, 4.69) is 5.32 Å². The van der Waals surface area contributed by atoms with Crippen molar-refractivity contribution in [1.29, 1.82) is 0 Å². The number of carbonyl (C=O) groups excluding carboxylic acids is 3. The first-order valence-corrected chi connectivity index (χ1v) is 11.3. The van der Waals surface area contributed by atoms with Crippen molar-refractivity contribution in [2.75, 3.05) is 27.4 Å². The lowest BCUT2D eigenvalue weighted by Gasteiger charge is -2.33. The Bertz CT molecular complexity index is 1210. The first kappa shape index (κ1) is 20.3. The van der Waals surface area contributed by atoms with Crippen LogP contribution in [0.2, 0.25) is 0 Å². The molecular formula is C25H21N3O3S. The number of para-hydroxylation sites is 2. The third-order valence-corrected chi connectivity index (χ3v) is 7.10. The second-order valence-electron chi connectivity index (χ2n) is 7.82. The maximum Gasteiger partial charge on any atom is 0.269 e. The highest BCUT2D eigenvalue weighted by molar-refractivity contribution is 8.02. The summed E-state index contributed by atoms with van der Waals surface area (Å²) in [5, 5.41) is 2.86. The molecule has 1 spiro atoms. The minimum Gasteiger partial charge on any atom is -0.325 e. The molecule has 0 aromatic heterocycles. The van der Waals surface area contributed by atoms with Crippen LogP contribution in [-0.2, 0) is 19.3 Å². The van der Waals surface area contributed by atoms with E-state index in [0.717, 1.165) is 11.1 Å². The van der Waals surface area contributed by atoms with Crippen LogP contribution in [0.5, 0.6) is 0 Å². The Morgan fingerprint density at radius 3 is 2.41 bits per heavy atom. The Kier molecular flexibility index (Phi) is 4.98. The largest absolute Gasteiger partial charge is 0.325 e. The van der Waals surface area contributed by atoms with E-state index >= 15 is 0 Å². The van der Waals surface area contributed by atoms with E-state index in [1.807, 2.05) is 85.8 Å². The van der Waals surface area contributed by atoms with Gasteiger partial charge in [0.15, 0.2) is 0 Å². The summed E-state index contributed by atoms with van der Waals surface area (Å²) in [5.74, 6) is -0.513. The minimum absolute atomic E-state index is 0.129. The van der Waals surface area contributed by atoms with Gasteiger partial charge in [-0.1, -0.05) is 54.1 Å². The van der Waals surface area contributed by atoms with Crippen molar-refractivity contribution >= 4 is 46.5 Å². The fourth-order valence-corrected chi connectivity index (χ4v) is 5.63. The maximum absolute atomic E-state index is 13.9. The zero-order valence-corrected chi connectivity index (χ0v) is 18.3. The highest BCUT2D eigenvalue weighted by atomic mass is 32.2. The second-order valence-corrected chi connectivity index (χ2v) is 8.99. The summed E-state index contributed by atoms with van der Waals surface area (Å²) in [6.45, 7) is 1.84. The van der Waals surface area contributed by atoms with Gasteiger partial charge >= 0.3 is 0 Å². The van der Waals surface area contributed by atoms with Crippen LogP contribution < -0.4 is 15.1 Å². The van der Waals surface area contributed by atoms with E-state index in [-0.39, 0.29) is 30.0 Å². The van der Waals surface area contributed by atoms with Crippen LogP contribution in [-0.4, -0.2) is 30.0 Å². The van der Waals surface area contributed by atoms with Crippen molar-refractivity contribution in [3.63, 3.8) is 0 Å². The van der Waals surface area contributed by atoms with Crippen LogP contribution >= 0.6 is 11.8 Å². The minimum atomic E-state index is -1.21. The predicted molar refractivity (Wildman–Crippen MR) is 127 cm³/mol. The number of aryl methyl sites for hydroxylation is 1. The fraction of sp³-hybridized carbons (Fsp3) is 0.160. The number of rotatable bonds is 4. The molecule has 7 heteroatoms. The van der Waals surface area contributed by atoms with E-state index in [1.165, 1.54) is 16.7 Å². The molecule has 0 saturated carbocycles. The average Bonchev–Trinajstić information content (AvgIpc) is 3.27. The molecule has 3 amide bonds. The number of anilines is 3. The number of fused-ring (bicyclic) bond motifs is 2. The summed E-state index contributed by atoms with van der Waals surface area (Å²) in [6.07, 6.45) is 0. The maximum atomic E-state index is 13.9. The van der Waals surface area contributed by atoms with Gasteiger partial charge in [0.25, 0.3) is 5.91 Å². The van der Waals surface area contributed by atoms with Crippen molar-refractivity contribution < 1.29 is 14.4 Å². The summed E-state index contributed by atoms with van der Waals surface area (Å²) in [7, 11) is 0. The van der Waals surface area contributed by atoms with Gasteiger partial charge in [0.1, 0.15) is 6.54 Å². The Morgan fingerprint density at radius 1 is 0.969 bits per heavy atom. The zero-order chi connectivity index (χ0) is 22.3. The van der Waals surface area contributed by atoms with E-state index in [4.69, 9.17) is 0 Å². The summed E-state index contributed by atoms with van der Waals surface area (Å²) >= 11 is 1.30. The fourth-order valence-electron chi connectivity index (χ4n) is 4.27. The van der Waals surface area contributed by atoms with Crippen LogP contribution in [0.15, 0.2) is 78.9 Å². The lowest BCUT2D eigenvalue weighted by atomic mass is 10.0. The van der Waals surface area contributed by atoms with Crippen LogP contribution in [0, 0.1) is 6.92 Å². The molecule has 2 aliphatic heterocycles. The lowest BCUT2D eigenvalue weighted by molar-refractivity contribution is -0.124. The molecule has 160 valence electrons. The van der Waals surface area contributed by atoms with Gasteiger partial charge in [-0.05, 0) is 37.3 Å². The number of hydrogen-bond donors (Lipinski definition) is 1. The van der Waals surface area contributed by atoms with Gasteiger partial charge < -0.3 is 5.32 Å². The Morgan fingerprint density at radius 2 is 1.66 bits per heavy atom. The number of amides is 3. The SMILES string of the molecule is Cc1ccc(NC(=O)CN2C(=O)C3(SCC(=O)N3c3ccccc3)c3ccccc32)cc1. The van der Waals surface area contributed by atoms with Crippen molar-refractivity contribution in [2.24, 2.45) is 0 Å². The number of hydrogen-bond acceptors (Lipinski definition) is 4. The summed E-state index contributed by atoms with van der Waals surface area (Å²) < 4.78 is 0. The van der Waals surface area contributed by atoms with Crippen molar-refractivity contribution in [1.82, 2.24) is 0 Å². The predicted octanol–water partition coefficient (Wildman–Crippen LogP) is 3.91. The summed E-state index contributed by atoms with van der Waals surface area (Å²) in [4.78, 5) is 41.5. The van der Waals surface area contributed by atoms with Gasteiger partial charge in [-0.25, -0.2) is 0 Å². The smallest absolute Gasteiger partial charge is 0.269 e. The second kappa shape index (κ2) is 7.84. The monoisotopic (exact) mass is 443 g/mol. The number of thioether (sulfide) groups is 1. The molecule has 1 atom stereocenters. The first-order chi connectivity index (χ1) is 15.5. The van der Waals surface area contributed by atoms with E-state index in [1.54, 1.807) is 4.90 Å². The molecule has 32 heavy (non-hydrogen) atoms. The van der Waals surface area contributed by atoms with Gasteiger partial charge in [-0.3, -0.25) is 24.2 Å². The number of carbonyl (C=O) groups is 3. The lowest BCUT2D eigenvalue weighted by Crippen LogP contribution is -2.50. The molecular weight excluding hydrogens is 422 g/mol. The van der Waals surface area contributed by atoms with E-state index < -0.39 is 4.87 Å². The highest BCUT2D eigenvalue weighted by Gasteiger charge is 2.61. The molecule has 3 aromatic rings. The molecule has 2 heterocycles. The molecule has 2 aliphatic rings. The third kappa shape index (κ3) is 3.17. The molecule has 1 fully saturated rings. The Labute approximate surface area is 190 Å². The Balaban J connectivity index is 1.50. The van der Waals surface area contributed by atoms with E-state index in [0.29, 0.717) is 17.1 Å². The standard InChI is InChI=1S/C25H21N3O3S/c1-17-11-13-18(14-12-17)26-22(29)15-27-21-10-6-5-9-20(21)25(24(27)31)28(23(30)16-32-25)19-7-3-2-4-8-19/h2-14H,15-16H2,1H3,(H,26,29). The average molecular weight is 444 g/mol. The van der Waals surface area contributed by atoms with Gasteiger partial charge in [0.2, 0.25) is 16.7 Å². The van der Waals surface area contributed by atoms with Gasteiger partial charge in [0, 0.05) is 16.9 Å². The highest BCUT2D eigenvalue weighted by Crippen LogP contribution is 2.55. The molecule has 0 bridgehead atoms. The molecule has 0 aliphatic carbocycles. The van der Waals surface area contributed by atoms with Crippen LogP contribution in [0.1, 0.15) is 11.1 Å². The summed E-state index contributed by atoms with van der Waals surface area (Å²) in [6, 6.07) is 24.1. The zero-order valence-electron chi connectivity index (χ0n) is 17.4. The summed E-state index contributed by atoms with van der Waals surface area (Å²) in [5.41, 5.74) is 3.81. The van der Waals surface area contributed by atoms with Gasteiger partial charge in [-0.15, -0.1) is 11.8 Å². The molecule has 0 radical (unpaired) electrons. The molecule has 1 N–H and O–H groups in total. The van der Waals surface area contributed by atoms with Crippen LogP contribution in [0.3, 0.4) is 0 Å². The number of nitrogens with one attached hydrogen (secondary N) is 1.